The minimum atomic E-state index is -0.758. The largest absolute Gasteiger partial charge is 0.462 e. The number of ether oxygens (including phenoxy) is 3. The number of rotatable bonds is 42. The van der Waals surface area contributed by atoms with Gasteiger partial charge in [0.05, 0.1) is 0 Å². The molecule has 6 nitrogen and oxygen atoms in total. The summed E-state index contributed by atoms with van der Waals surface area (Å²) in [4.78, 5) is 37.6. The fourth-order valence-corrected chi connectivity index (χ4v) is 6.98. The fraction of sp³-hybridized carbons (Fsp3) is 0.936. The molecule has 0 aromatic rings. The molecule has 0 unspecified atom stereocenters. The minimum Gasteiger partial charge on any atom is -0.462 e. The molecule has 0 aliphatic carbocycles. The second-order valence-electron chi connectivity index (χ2n) is 16.5. The first-order chi connectivity index (χ1) is 25.9. The molecule has 0 spiro atoms. The van der Waals surface area contributed by atoms with Gasteiger partial charge in [-0.3, -0.25) is 14.4 Å². The molecule has 0 amide bonds. The lowest BCUT2D eigenvalue weighted by Crippen LogP contribution is -2.30. The molecule has 53 heavy (non-hydrogen) atoms. The summed E-state index contributed by atoms with van der Waals surface area (Å²) in [6, 6.07) is 0. The van der Waals surface area contributed by atoms with Crippen molar-refractivity contribution in [1.29, 1.82) is 0 Å². The Morgan fingerprint density at radius 2 is 0.623 bits per heavy atom. The maximum absolute atomic E-state index is 12.7. The van der Waals surface area contributed by atoms with E-state index in [2.05, 4.69) is 27.7 Å². The number of unbranched alkanes of at least 4 members (excludes halogenated alkanes) is 29. The van der Waals surface area contributed by atoms with Crippen LogP contribution in [0.2, 0.25) is 0 Å². The van der Waals surface area contributed by atoms with Crippen LogP contribution < -0.4 is 0 Å². The number of carbonyl (C=O) groups is 3. The van der Waals surface area contributed by atoms with Crippen molar-refractivity contribution in [3.05, 3.63) is 0 Å². The van der Waals surface area contributed by atoms with E-state index in [-0.39, 0.29) is 31.1 Å². The summed E-state index contributed by atoms with van der Waals surface area (Å²) >= 11 is 0. The highest BCUT2D eigenvalue weighted by Gasteiger charge is 2.19. The van der Waals surface area contributed by atoms with E-state index < -0.39 is 6.10 Å². The first-order valence-corrected chi connectivity index (χ1v) is 23.4. The third-order valence-corrected chi connectivity index (χ3v) is 10.5. The number of esters is 3. The molecule has 0 saturated carbocycles. The maximum Gasteiger partial charge on any atom is 0.306 e. The lowest BCUT2D eigenvalue weighted by Gasteiger charge is -2.18. The molecule has 0 radical (unpaired) electrons. The third-order valence-electron chi connectivity index (χ3n) is 10.5. The molecule has 0 aromatic carbocycles. The van der Waals surface area contributed by atoms with E-state index in [1.807, 2.05) is 0 Å². The Bertz CT molecular complexity index is 796. The Labute approximate surface area is 329 Å². The van der Waals surface area contributed by atoms with Gasteiger partial charge in [-0.1, -0.05) is 220 Å². The summed E-state index contributed by atoms with van der Waals surface area (Å²) in [6.07, 6.45) is 40.9. The quantitative estimate of drug-likeness (QED) is 0.0351. The Balaban J connectivity index is 4.25. The first-order valence-electron chi connectivity index (χ1n) is 23.4. The van der Waals surface area contributed by atoms with Crippen LogP contribution >= 0.6 is 0 Å². The van der Waals surface area contributed by atoms with E-state index in [0.717, 1.165) is 63.7 Å². The van der Waals surface area contributed by atoms with Gasteiger partial charge in [0.2, 0.25) is 0 Å². The van der Waals surface area contributed by atoms with Crippen LogP contribution in [0, 0.1) is 5.92 Å². The van der Waals surface area contributed by atoms with E-state index in [1.165, 1.54) is 154 Å². The first kappa shape index (κ1) is 51.4. The second-order valence-corrected chi connectivity index (χ2v) is 16.5. The predicted molar refractivity (Wildman–Crippen MR) is 224 cm³/mol. The van der Waals surface area contributed by atoms with Crippen LogP contribution in [0.1, 0.15) is 259 Å². The fourth-order valence-electron chi connectivity index (χ4n) is 6.98. The maximum atomic E-state index is 12.7. The lowest BCUT2D eigenvalue weighted by molar-refractivity contribution is -0.167. The van der Waals surface area contributed by atoms with Gasteiger partial charge >= 0.3 is 17.9 Å². The second kappa shape index (κ2) is 41.6. The zero-order chi connectivity index (χ0) is 38.9. The predicted octanol–water partition coefficient (Wildman–Crippen LogP) is 14.7. The highest BCUT2D eigenvalue weighted by atomic mass is 16.6. The third kappa shape index (κ3) is 41.4. The van der Waals surface area contributed by atoms with Crippen molar-refractivity contribution >= 4 is 17.9 Å². The summed E-state index contributed by atoms with van der Waals surface area (Å²) in [7, 11) is 0. The van der Waals surface area contributed by atoms with Gasteiger partial charge in [-0.25, -0.2) is 0 Å². The normalized spacial score (nSPS) is 11.9. The Morgan fingerprint density at radius 3 is 0.925 bits per heavy atom. The molecular formula is C47H90O6. The Hall–Kier alpha value is -1.59. The van der Waals surface area contributed by atoms with Crippen LogP contribution in [0.25, 0.3) is 0 Å². The number of hydrogen-bond donors (Lipinski definition) is 0. The van der Waals surface area contributed by atoms with Gasteiger partial charge in [-0.05, 0) is 25.2 Å². The van der Waals surface area contributed by atoms with E-state index in [1.54, 1.807) is 0 Å². The zero-order valence-electron chi connectivity index (χ0n) is 36.0. The van der Waals surface area contributed by atoms with E-state index >= 15 is 0 Å². The standard InChI is InChI=1S/C47H90O6/c1-5-7-9-11-13-15-23-26-30-34-38-45(48)51-41-44(53-47(50)40-36-32-28-21-14-12-10-8-6-2)42-52-46(49)39-35-31-27-24-20-18-16-17-19-22-25-29-33-37-43(3)4/h43-44H,5-42H2,1-4H3/t44-/m1/s1. The average molecular weight is 751 g/mol. The van der Waals surface area contributed by atoms with Crippen molar-refractivity contribution in [2.45, 2.75) is 265 Å². The number of carbonyl (C=O) groups excluding carboxylic acids is 3. The van der Waals surface area contributed by atoms with Crippen LogP contribution in [-0.4, -0.2) is 37.2 Å². The summed E-state index contributed by atoms with van der Waals surface area (Å²) in [6.45, 7) is 8.98. The molecule has 314 valence electrons. The molecule has 0 aliphatic rings. The van der Waals surface area contributed by atoms with Gasteiger partial charge in [-0.2, -0.15) is 0 Å². The molecule has 0 N–H and O–H groups in total. The molecule has 0 heterocycles. The van der Waals surface area contributed by atoms with Crippen LogP contribution in [0.15, 0.2) is 0 Å². The van der Waals surface area contributed by atoms with Gasteiger partial charge < -0.3 is 14.2 Å². The zero-order valence-corrected chi connectivity index (χ0v) is 36.0. The summed E-state index contributed by atoms with van der Waals surface area (Å²) in [5, 5.41) is 0. The SMILES string of the molecule is CCCCCCCCCCCCC(=O)OC[C@H](COC(=O)CCCCCCCCCCCCCCCC(C)C)OC(=O)CCCCCCCCCCC. The van der Waals surface area contributed by atoms with Crippen molar-refractivity contribution in [2.75, 3.05) is 13.2 Å². The van der Waals surface area contributed by atoms with Gasteiger partial charge in [0.1, 0.15) is 13.2 Å². The van der Waals surface area contributed by atoms with Crippen molar-refractivity contribution in [3.63, 3.8) is 0 Å². The molecule has 0 aromatic heterocycles. The van der Waals surface area contributed by atoms with Crippen LogP contribution in [0.3, 0.4) is 0 Å². The van der Waals surface area contributed by atoms with Crippen molar-refractivity contribution in [1.82, 2.24) is 0 Å². The molecule has 0 rings (SSSR count). The molecule has 6 heteroatoms. The van der Waals surface area contributed by atoms with Gasteiger partial charge in [0, 0.05) is 19.3 Å². The Morgan fingerprint density at radius 1 is 0.358 bits per heavy atom. The molecular weight excluding hydrogens is 661 g/mol. The summed E-state index contributed by atoms with van der Waals surface area (Å²) in [5.74, 6) is -0.0160. The molecule has 0 aliphatic heterocycles. The van der Waals surface area contributed by atoms with Crippen molar-refractivity contribution in [2.24, 2.45) is 5.92 Å². The summed E-state index contributed by atoms with van der Waals surface area (Å²) < 4.78 is 16.7. The van der Waals surface area contributed by atoms with Crippen LogP contribution in [0.5, 0.6) is 0 Å². The molecule has 0 saturated heterocycles. The van der Waals surface area contributed by atoms with Crippen LogP contribution in [-0.2, 0) is 28.6 Å². The van der Waals surface area contributed by atoms with Gasteiger partial charge in [0.15, 0.2) is 6.10 Å². The van der Waals surface area contributed by atoms with Gasteiger partial charge in [-0.15, -0.1) is 0 Å². The van der Waals surface area contributed by atoms with E-state index in [9.17, 15) is 14.4 Å². The summed E-state index contributed by atoms with van der Waals surface area (Å²) in [5.41, 5.74) is 0. The van der Waals surface area contributed by atoms with Crippen molar-refractivity contribution in [3.8, 4) is 0 Å². The Kier molecular flexibility index (Phi) is 40.3. The molecule has 0 bridgehead atoms. The highest BCUT2D eigenvalue weighted by molar-refractivity contribution is 5.71. The lowest BCUT2D eigenvalue weighted by atomic mass is 10.0. The van der Waals surface area contributed by atoms with E-state index in [4.69, 9.17) is 14.2 Å². The topological polar surface area (TPSA) is 78.9 Å². The average Bonchev–Trinajstić information content (AvgIpc) is 3.14. The number of hydrogen-bond acceptors (Lipinski definition) is 6. The van der Waals surface area contributed by atoms with Crippen LogP contribution in [0.4, 0.5) is 0 Å². The van der Waals surface area contributed by atoms with Crippen molar-refractivity contribution < 1.29 is 28.6 Å². The molecule has 0 fully saturated rings. The minimum absolute atomic E-state index is 0.0637. The molecule has 1 atom stereocenters. The highest BCUT2D eigenvalue weighted by Crippen LogP contribution is 2.16. The van der Waals surface area contributed by atoms with Gasteiger partial charge in [0.25, 0.3) is 0 Å². The van der Waals surface area contributed by atoms with E-state index in [0.29, 0.717) is 19.3 Å². The smallest absolute Gasteiger partial charge is 0.306 e. The monoisotopic (exact) mass is 751 g/mol.